The maximum absolute atomic E-state index is 4.58. The Morgan fingerprint density at radius 2 is 1.96 bits per heavy atom. The van der Waals surface area contributed by atoms with Gasteiger partial charge < -0.3 is 4.90 Å². The topological polar surface area (TPSA) is 58.0 Å². The number of pyridine rings is 2. The van der Waals surface area contributed by atoms with E-state index in [1.807, 2.05) is 30.9 Å². The van der Waals surface area contributed by atoms with E-state index in [-0.39, 0.29) is 0 Å². The van der Waals surface area contributed by atoms with Crippen LogP contribution in [0.4, 0.5) is 5.82 Å². The lowest BCUT2D eigenvalue weighted by molar-refractivity contribution is 0.108. The van der Waals surface area contributed by atoms with Gasteiger partial charge in [0.2, 0.25) is 0 Å². The lowest BCUT2D eigenvalue weighted by Gasteiger charge is -2.57. The van der Waals surface area contributed by atoms with E-state index < -0.39 is 0 Å². The van der Waals surface area contributed by atoms with Crippen molar-refractivity contribution in [1.82, 2.24) is 24.8 Å². The smallest absolute Gasteiger partial charge is 0.140 e. The van der Waals surface area contributed by atoms with Gasteiger partial charge in [0.1, 0.15) is 12.1 Å². The van der Waals surface area contributed by atoms with Gasteiger partial charge in [-0.3, -0.25) is 14.9 Å². The van der Waals surface area contributed by atoms with Crippen LogP contribution in [-0.2, 0) is 6.54 Å². The summed E-state index contributed by atoms with van der Waals surface area (Å²) in [7, 11) is 0. The second-order valence-electron chi connectivity index (χ2n) is 6.75. The van der Waals surface area contributed by atoms with Gasteiger partial charge in [-0.15, -0.1) is 0 Å². The molecule has 2 bridgehead atoms. The van der Waals surface area contributed by atoms with Crippen molar-refractivity contribution in [3.63, 3.8) is 0 Å². The van der Waals surface area contributed by atoms with Crippen LogP contribution in [0.1, 0.15) is 12.0 Å². The molecule has 3 aromatic heterocycles. The first-order valence-electron chi connectivity index (χ1n) is 8.43. The van der Waals surface area contributed by atoms with Crippen LogP contribution in [0.15, 0.2) is 47.7 Å². The van der Waals surface area contributed by atoms with Gasteiger partial charge in [-0.2, -0.15) is 0 Å². The fourth-order valence-electron chi connectivity index (χ4n) is 4.07. The van der Waals surface area contributed by atoms with Crippen LogP contribution in [0.2, 0.25) is 0 Å². The van der Waals surface area contributed by atoms with Crippen LogP contribution in [-0.4, -0.2) is 50.0 Å². The summed E-state index contributed by atoms with van der Waals surface area (Å²) in [6.07, 6.45) is 10.3. The van der Waals surface area contributed by atoms with Gasteiger partial charge in [-0.1, -0.05) is 0 Å². The number of hydrogen-bond acceptors (Lipinski definition) is 6. The van der Waals surface area contributed by atoms with Crippen molar-refractivity contribution in [3.05, 3.63) is 53.3 Å². The summed E-state index contributed by atoms with van der Waals surface area (Å²) in [5.74, 6) is 1.05. The fraction of sp³-hybridized carbons (Fsp3) is 0.333. The monoisotopic (exact) mass is 396 g/mol. The molecule has 3 saturated heterocycles. The number of piperidine rings is 1. The number of hydrogen-bond donors (Lipinski definition) is 0. The molecule has 0 aromatic carbocycles. The molecule has 0 spiro atoms. The normalized spacial score (nSPS) is 22.8. The van der Waals surface area contributed by atoms with Crippen molar-refractivity contribution >= 4 is 32.7 Å². The summed E-state index contributed by atoms with van der Waals surface area (Å²) < 4.78 is 1.04. The Morgan fingerprint density at radius 1 is 1.08 bits per heavy atom. The van der Waals surface area contributed by atoms with Gasteiger partial charge in [0.05, 0.1) is 11.7 Å². The van der Waals surface area contributed by atoms with E-state index in [1.54, 1.807) is 6.33 Å². The maximum atomic E-state index is 4.58. The average molecular weight is 397 g/mol. The summed E-state index contributed by atoms with van der Waals surface area (Å²) >= 11 is 3.50. The van der Waals surface area contributed by atoms with E-state index in [0.717, 1.165) is 40.8 Å². The fourth-order valence-corrected chi connectivity index (χ4v) is 4.48. The molecule has 0 N–H and O–H groups in total. The summed E-state index contributed by atoms with van der Waals surface area (Å²) in [5, 5.41) is 1.09. The van der Waals surface area contributed by atoms with Gasteiger partial charge in [-0.25, -0.2) is 9.97 Å². The summed E-state index contributed by atoms with van der Waals surface area (Å²) in [5.41, 5.74) is 2.16. The molecule has 0 radical (unpaired) electrons. The first-order valence-corrected chi connectivity index (χ1v) is 9.22. The molecule has 3 fully saturated rings. The van der Waals surface area contributed by atoms with Crippen LogP contribution in [0.3, 0.4) is 0 Å². The number of rotatable bonds is 3. The quantitative estimate of drug-likeness (QED) is 0.678. The Kier molecular flexibility index (Phi) is 3.64. The van der Waals surface area contributed by atoms with Crippen LogP contribution in [0.5, 0.6) is 0 Å². The number of piperazine rings is 1. The van der Waals surface area contributed by atoms with Crippen LogP contribution in [0.25, 0.3) is 10.9 Å². The number of halogens is 1. The molecule has 0 amide bonds. The zero-order chi connectivity index (χ0) is 16.8. The molecule has 126 valence electrons. The van der Waals surface area contributed by atoms with Gasteiger partial charge in [0.25, 0.3) is 0 Å². The molecule has 3 aromatic rings. The third kappa shape index (κ3) is 2.67. The van der Waals surface area contributed by atoms with Crippen molar-refractivity contribution in [1.29, 1.82) is 0 Å². The highest BCUT2D eigenvalue weighted by molar-refractivity contribution is 9.10. The third-order valence-electron chi connectivity index (χ3n) is 5.10. The van der Waals surface area contributed by atoms with E-state index in [4.69, 9.17) is 0 Å². The summed E-state index contributed by atoms with van der Waals surface area (Å²) in [6, 6.07) is 5.20. The Hall–Kier alpha value is -2.12. The molecule has 6 rings (SSSR count). The maximum Gasteiger partial charge on any atom is 0.140 e. The molecule has 6 nitrogen and oxygen atoms in total. The molecular weight excluding hydrogens is 380 g/mol. The molecule has 0 saturated carbocycles. The zero-order valence-electron chi connectivity index (χ0n) is 13.6. The minimum absolute atomic E-state index is 0.519. The highest BCUT2D eigenvalue weighted by Crippen LogP contribution is 2.38. The van der Waals surface area contributed by atoms with E-state index in [0.29, 0.717) is 12.1 Å². The van der Waals surface area contributed by atoms with Crippen molar-refractivity contribution in [3.8, 4) is 0 Å². The lowest BCUT2D eigenvalue weighted by Crippen LogP contribution is -2.69. The molecule has 25 heavy (non-hydrogen) atoms. The van der Waals surface area contributed by atoms with E-state index in [2.05, 4.69) is 51.7 Å². The second-order valence-corrected chi connectivity index (χ2v) is 7.66. The minimum Gasteiger partial charge on any atom is -0.347 e. The molecular formula is C18H17BrN6. The number of fused-ring (bicyclic) bond motifs is 3. The first kappa shape index (κ1) is 15.2. The molecule has 7 heteroatoms. The number of aromatic nitrogens is 4. The highest BCUT2D eigenvalue weighted by Gasteiger charge is 2.45. The molecule has 0 aliphatic carbocycles. The summed E-state index contributed by atoms with van der Waals surface area (Å²) in [4.78, 5) is 22.3. The zero-order valence-corrected chi connectivity index (χ0v) is 15.2. The number of anilines is 1. The molecule has 2 unspecified atom stereocenters. The third-order valence-corrected chi connectivity index (χ3v) is 5.53. The van der Waals surface area contributed by atoms with Crippen molar-refractivity contribution in [2.24, 2.45) is 0 Å². The van der Waals surface area contributed by atoms with Crippen molar-refractivity contribution in [2.45, 2.75) is 25.0 Å². The Bertz CT molecular complexity index is 915. The molecule has 3 aliphatic rings. The van der Waals surface area contributed by atoms with Gasteiger partial charge >= 0.3 is 0 Å². The average Bonchev–Trinajstić information content (AvgIpc) is 2.62. The Labute approximate surface area is 154 Å². The van der Waals surface area contributed by atoms with Crippen LogP contribution >= 0.6 is 15.9 Å². The Morgan fingerprint density at radius 3 is 2.80 bits per heavy atom. The summed E-state index contributed by atoms with van der Waals surface area (Å²) in [6.45, 7) is 3.06. The Balaban J connectivity index is 1.36. The largest absolute Gasteiger partial charge is 0.347 e. The number of nitrogens with zero attached hydrogens (tertiary/aromatic N) is 6. The van der Waals surface area contributed by atoms with Crippen molar-refractivity contribution < 1.29 is 0 Å². The highest BCUT2D eigenvalue weighted by atomic mass is 79.9. The predicted molar refractivity (Wildman–Crippen MR) is 99.2 cm³/mol. The first-order chi connectivity index (χ1) is 12.3. The van der Waals surface area contributed by atoms with E-state index >= 15 is 0 Å². The standard InChI is InChI=1S/C18H17BrN6/c19-13-3-12(5-21-6-13)8-24-9-14-4-15(10-24)25(14)18-16-1-2-20-7-17(16)22-11-23-18/h1-3,5-7,11,14-15H,4,8-10H2. The molecule has 3 aliphatic heterocycles. The minimum atomic E-state index is 0.519. The van der Waals surface area contributed by atoms with E-state index in [9.17, 15) is 0 Å². The lowest BCUT2D eigenvalue weighted by atomic mass is 9.87. The van der Waals surface area contributed by atoms with Gasteiger partial charge in [0, 0.05) is 60.2 Å². The van der Waals surface area contributed by atoms with Crippen LogP contribution < -0.4 is 4.90 Å². The van der Waals surface area contributed by atoms with Gasteiger partial charge in [-0.05, 0) is 40.0 Å². The SMILES string of the molecule is Brc1cncc(CN2CC3CC(C2)N3c2ncnc3cnccc23)c1. The van der Waals surface area contributed by atoms with Crippen LogP contribution in [0, 0.1) is 0 Å². The van der Waals surface area contributed by atoms with E-state index in [1.165, 1.54) is 12.0 Å². The molecule has 2 atom stereocenters. The predicted octanol–water partition coefficient (Wildman–Crippen LogP) is 2.65. The second kappa shape index (κ2) is 6.00. The molecule has 6 heterocycles. The van der Waals surface area contributed by atoms with Crippen molar-refractivity contribution in [2.75, 3.05) is 18.0 Å². The van der Waals surface area contributed by atoms with Gasteiger partial charge in [0.15, 0.2) is 0 Å².